The average Bonchev–Trinajstić information content (AvgIpc) is 2.49. The van der Waals surface area contributed by atoms with Crippen LogP contribution in [0.15, 0.2) is 42.5 Å². The van der Waals surface area contributed by atoms with Crippen LogP contribution in [0.1, 0.15) is 36.1 Å². The summed E-state index contributed by atoms with van der Waals surface area (Å²) in [6.07, 6.45) is 0.906. The molecule has 0 aliphatic carbocycles. The minimum absolute atomic E-state index is 0.0627. The van der Waals surface area contributed by atoms with Crippen molar-refractivity contribution in [2.24, 2.45) is 5.73 Å². The summed E-state index contributed by atoms with van der Waals surface area (Å²) in [6, 6.07) is 15.4. The van der Waals surface area contributed by atoms with Crippen LogP contribution in [0.4, 0.5) is 0 Å². The molecule has 2 N–H and O–H groups in total. The maximum atomic E-state index is 8.92. The predicted octanol–water partition coefficient (Wildman–Crippen LogP) is 4.07. The lowest BCUT2D eigenvalue weighted by Crippen LogP contribution is -2.08. The highest BCUT2D eigenvalue weighted by atomic mass is 16.5. The Morgan fingerprint density at radius 2 is 1.90 bits per heavy atom. The predicted molar refractivity (Wildman–Crippen MR) is 79.6 cm³/mol. The van der Waals surface area contributed by atoms with E-state index >= 15 is 0 Å². The summed E-state index contributed by atoms with van der Waals surface area (Å²) in [5.74, 6) is 1.45. The van der Waals surface area contributed by atoms with Gasteiger partial charge in [-0.25, -0.2) is 0 Å². The van der Waals surface area contributed by atoms with Gasteiger partial charge in [-0.3, -0.25) is 0 Å². The van der Waals surface area contributed by atoms with Crippen molar-refractivity contribution in [2.45, 2.75) is 26.3 Å². The number of benzene rings is 2. The van der Waals surface area contributed by atoms with Gasteiger partial charge in [0.2, 0.25) is 0 Å². The molecule has 20 heavy (non-hydrogen) atoms. The zero-order valence-corrected chi connectivity index (χ0v) is 11.8. The first-order valence-electron chi connectivity index (χ1n) is 6.68. The van der Waals surface area contributed by atoms with E-state index in [0.717, 1.165) is 23.3 Å². The fourth-order valence-corrected chi connectivity index (χ4v) is 1.93. The molecule has 2 rings (SSSR count). The van der Waals surface area contributed by atoms with E-state index in [1.807, 2.05) is 37.3 Å². The lowest BCUT2D eigenvalue weighted by molar-refractivity contribution is 0.478. The van der Waals surface area contributed by atoms with E-state index in [2.05, 4.69) is 13.0 Å². The summed E-state index contributed by atoms with van der Waals surface area (Å²) in [5, 5.41) is 8.92. The Morgan fingerprint density at radius 3 is 2.50 bits per heavy atom. The molecule has 0 bridgehead atoms. The Morgan fingerprint density at radius 1 is 1.20 bits per heavy atom. The molecule has 0 heterocycles. The van der Waals surface area contributed by atoms with Crippen molar-refractivity contribution in [1.29, 1.82) is 5.26 Å². The molecule has 0 spiro atoms. The van der Waals surface area contributed by atoms with Crippen molar-refractivity contribution in [1.82, 2.24) is 0 Å². The Hall–Kier alpha value is -2.31. The van der Waals surface area contributed by atoms with Gasteiger partial charge in [-0.2, -0.15) is 5.26 Å². The highest BCUT2D eigenvalue weighted by Crippen LogP contribution is 2.27. The van der Waals surface area contributed by atoms with Crippen LogP contribution in [0.2, 0.25) is 0 Å². The first-order chi connectivity index (χ1) is 9.63. The van der Waals surface area contributed by atoms with Crippen LogP contribution >= 0.6 is 0 Å². The Kier molecular flexibility index (Phi) is 4.39. The third-order valence-corrected chi connectivity index (χ3v) is 3.29. The Balaban J connectivity index is 2.20. The van der Waals surface area contributed by atoms with Crippen LogP contribution in [0.5, 0.6) is 11.5 Å². The molecule has 0 aliphatic heterocycles. The van der Waals surface area contributed by atoms with Gasteiger partial charge in [0.25, 0.3) is 0 Å². The SMILES string of the molecule is CC[C@@H](N)c1ccc(Oc2cc(C#N)ccc2C)cc1. The molecule has 1 atom stereocenters. The monoisotopic (exact) mass is 266 g/mol. The number of nitriles is 1. The smallest absolute Gasteiger partial charge is 0.131 e. The summed E-state index contributed by atoms with van der Waals surface area (Å²) in [6.45, 7) is 4.02. The van der Waals surface area contributed by atoms with Crippen LogP contribution in [0.25, 0.3) is 0 Å². The van der Waals surface area contributed by atoms with Crippen LogP contribution in [-0.2, 0) is 0 Å². The first kappa shape index (κ1) is 14.1. The molecule has 0 unspecified atom stereocenters. The van der Waals surface area contributed by atoms with Gasteiger partial charge >= 0.3 is 0 Å². The normalized spacial score (nSPS) is 11.7. The van der Waals surface area contributed by atoms with Crippen LogP contribution in [-0.4, -0.2) is 0 Å². The molecule has 0 aromatic heterocycles. The Labute approximate surface area is 119 Å². The van der Waals surface area contributed by atoms with Gasteiger partial charge in [-0.15, -0.1) is 0 Å². The van der Waals surface area contributed by atoms with Crippen molar-refractivity contribution in [3.63, 3.8) is 0 Å². The number of ether oxygens (including phenoxy) is 1. The first-order valence-corrected chi connectivity index (χ1v) is 6.68. The second-order valence-electron chi connectivity index (χ2n) is 4.78. The van der Waals surface area contributed by atoms with Gasteiger partial charge in [0.05, 0.1) is 11.6 Å². The van der Waals surface area contributed by atoms with Gasteiger partial charge in [0, 0.05) is 6.04 Å². The molecule has 0 aliphatic rings. The summed E-state index contributed by atoms with van der Waals surface area (Å²) in [5.41, 5.74) is 8.67. The van der Waals surface area contributed by atoms with Crippen LogP contribution in [0, 0.1) is 18.3 Å². The van der Waals surface area contributed by atoms with Crippen LogP contribution < -0.4 is 10.5 Å². The maximum absolute atomic E-state index is 8.92. The van der Waals surface area contributed by atoms with Crippen LogP contribution in [0.3, 0.4) is 0 Å². The van der Waals surface area contributed by atoms with Gasteiger partial charge in [0.1, 0.15) is 11.5 Å². The zero-order chi connectivity index (χ0) is 14.5. The molecule has 0 radical (unpaired) electrons. The molecule has 0 amide bonds. The molecule has 0 saturated heterocycles. The van der Waals surface area contributed by atoms with Crippen molar-refractivity contribution in [3.8, 4) is 17.6 Å². The van der Waals surface area contributed by atoms with Crippen molar-refractivity contribution in [2.75, 3.05) is 0 Å². The van der Waals surface area contributed by atoms with Gasteiger partial charge in [0.15, 0.2) is 0 Å². The third-order valence-electron chi connectivity index (χ3n) is 3.29. The van der Waals surface area contributed by atoms with Gasteiger partial charge < -0.3 is 10.5 Å². The summed E-state index contributed by atoms with van der Waals surface area (Å²) in [7, 11) is 0. The van der Waals surface area contributed by atoms with E-state index in [1.165, 1.54) is 0 Å². The molecule has 3 heteroatoms. The lowest BCUT2D eigenvalue weighted by Gasteiger charge is -2.12. The van der Waals surface area contributed by atoms with E-state index in [0.29, 0.717) is 11.3 Å². The van der Waals surface area contributed by atoms with Crippen molar-refractivity contribution < 1.29 is 4.74 Å². The van der Waals surface area contributed by atoms with E-state index in [4.69, 9.17) is 15.7 Å². The summed E-state index contributed by atoms with van der Waals surface area (Å²) < 4.78 is 5.83. The number of nitrogens with two attached hydrogens (primary N) is 1. The molecule has 0 fully saturated rings. The highest BCUT2D eigenvalue weighted by Gasteiger charge is 2.06. The molecule has 2 aromatic carbocycles. The zero-order valence-electron chi connectivity index (χ0n) is 11.8. The molecule has 0 saturated carbocycles. The van der Waals surface area contributed by atoms with E-state index in [-0.39, 0.29) is 6.04 Å². The lowest BCUT2D eigenvalue weighted by atomic mass is 10.1. The minimum Gasteiger partial charge on any atom is -0.457 e. The second-order valence-corrected chi connectivity index (χ2v) is 4.78. The quantitative estimate of drug-likeness (QED) is 0.907. The molecule has 3 nitrogen and oxygen atoms in total. The largest absolute Gasteiger partial charge is 0.457 e. The topological polar surface area (TPSA) is 59.0 Å². The minimum atomic E-state index is 0.0627. The number of aryl methyl sites for hydroxylation is 1. The standard InChI is InChI=1S/C17H18N2O/c1-3-16(19)14-6-8-15(9-7-14)20-17-10-13(11-18)5-4-12(17)2/h4-10,16H,3,19H2,1-2H3/t16-/m1/s1. The summed E-state index contributed by atoms with van der Waals surface area (Å²) in [4.78, 5) is 0. The van der Waals surface area contributed by atoms with E-state index in [9.17, 15) is 0 Å². The summed E-state index contributed by atoms with van der Waals surface area (Å²) >= 11 is 0. The van der Waals surface area contributed by atoms with Gasteiger partial charge in [-0.1, -0.05) is 25.1 Å². The number of hydrogen-bond acceptors (Lipinski definition) is 3. The Bertz CT molecular complexity index is 626. The second kappa shape index (κ2) is 6.23. The number of hydrogen-bond donors (Lipinski definition) is 1. The highest BCUT2D eigenvalue weighted by molar-refractivity contribution is 5.44. The number of rotatable bonds is 4. The average molecular weight is 266 g/mol. The molecule has 102 valence electrons. The molecular weight excluding hydrogens is 248 g/mol. The fourth-order valence-electron chi connectivity index (χ4n) is 1.93. The van der Waals surface area contributed by atoms with Crippen molar-refractivity contribution >= 4 is 0 Å². The molecular formula is C17H18N2O. The van der Waals surface area contributed by atoms with Gasteiger partial charge in [-0.05, 0) is 48.7 Å². The third kappa shape index (κ3) is 3.17. The van der Waals surface area contributed by atoms with E-state index in [1.54, 1.807) is 12.1 Å². The number of nitrogens with zero attached hydrogens (tertiary/aromatic N) is 1. The maximum Gasteiger partial charge on any atom is 0.131 e. The molecule has 2 aromatic rings. The fraction of sp³-hybridized carbons (Fsp3) is 0.235. The van der Waals surface area contributed by atoms with E-state index < -0.39 is 0 Å². The van der Waals surface area contributed by atoms with Crippen molar-refractivity contribution in [3.05, 3.63) is 59.2 Å².